The quantitative estimate of drug-likeness (QED) is 0.526. The molecule has 4 rings (SSSR count). The Kier molecular flexibility index (Phi) is 3.81. The van der Waals surface area contributed by atoms with Crippen molar-refractivity contribution in [1.29, 1.82) is 0 Å². The molecule has 7 heteroatoms. The Hall–Kier alpha value is -3.06. The van der Waals surface area contributed by atoms with Gasteiger partial charge in [0.25, 0.3) is 11.8 Å². The molecule has 0 saturated heterocycles. The van der Waals surface area contributed by atoms with E-state index in [1.807, 2.05) is 16.0 Å². The lowest BCUT2D eigenvalue weighted by Crippen LogP contribution is -2.35. The Labute approximate surface area is 153 Å². The molecular formula is C19H15N3O3S. The van der Waals surface area contributed by atoms with E-state index in [2.05, 4.69) is 4.98 Å². The molecule has 2 amide bonds. The summed E-state index contributed by atoms with van der Waals surface area (Å²) in [5, 5.41) is 2.55. The summed E-state index contributed by atoms with van der Waals surface area (Å²) in [6.07, 6.45) is 1.68. The van der Waals surface area contributed by atoms with Crippen molar-refractivity contribution in [1.82, 2.24) is 14.5 Å². The summed E-state index contributed by atoms with van der Waals surface area (Å²) >= 11 is 1.43. The van der Waals surface area contributed by atoms with Crippen LogP contribution >= 0.6 is 11.3 Å². The van der Waals surface area contributed by atoms with Gasteiger partial charge in [0, 0.05) is 28.5 Å². The number of hydrogen-bond acceptors (Lipinski definition) is 5. The van der Waals surface area contributed by atoms with E-state index >= 15 is 0 Å². The van der Waals surface area contributed by atoms with E-state index in [1.165, 1.54) is 11.3 Å². The summed E-state index contributed by atoms with van der Waals surface area (Å²) in [7, 11) is 0. The molecule has 0 atom stereocenters. The Morgan fingerprint density at radius 3 is 2.19 bits per heavy atom. The van der Waals surface area contributed by atoms with Crippen LogP contribution in [0.2, 0.25) is 0 Å². The zero-order chi connectivity index (χ0) is 18.4. The van der Waals surface area contributed by atoms with Crippen LogP contribution in [-0.4, -0.2) is 38.6 Å². The number of hydrogen-bond donors (Lipinski definition) is 0. The van der Waals surface area contributed by atoms with Gasteiger partial charge in [0.1, 0.15) is 0 Å². The number of rotatable bonds is 4. The van der Waals surface area contributed by atoms with Gasteiger partial charge in [-0.3, -0.25) is 23.9 Å². The summed E-state index contributed by atoms with van der Waals surface area (Å²) in [6.45, 7) is 3.33. The maximum Gasteiger partial charge on any atom is 0.263 e. The first-order valence-corrected chi connectivity index (χ1v) is 8.95. The molecule has 0 N–H and O–H groups in total. The number of aromatic nitrogens is 2. The molecule has 0 bridgehead atoms. The number of carbonyl (C=O) groups is 3. The van der Waals surface area contributed by atoms with Crippen molar-refractivity contribution < 1.29 is 14.4 Å². The zero-order valence-electron chi connectivity index (χ0n) is 14.2. The molecule has 26 heavy (non-hydrogen) atoms. The molecule has 1 aliphatic rings. The SMILES string of the molecule is Cc1c2c(c(C)n1-c1nccs1)C(=O)N(CC(=O)c1ccccc1)C2=O. The number of nitrogens with zero attached hydrogens (tertiary/aromatic N) is 3. The van der Waals surface area contributed by atoms with E-state index in [0.717, 1.165) is 4.90 Å². The van der Waals surface area contributed by atoms with Crippen molar-refractivity contribution in [3.63, 3.8) is 0 Å². The predicted octanol–water partition coefficient (Wildman–Crippen LogP) is 3.03. The standard InChI is InChI=1S/C19H15N3O3S/c1-11-15-16(12(2)22(11)19-20-8-9-26-19)18(25)21(17(15)24)10-14(23)13-6-4-3-5-7-13/h3-9H,10H2,1-2H3. The third-order valence-corrected chi connectivity index (χ3v) is 5.33. The molecule has 0 saturated carbocycles. The van der Waals surface area contributed by atoms with Gasteiger partial charge in [-0.2, -0.15) is 0 Å². The average Bonchev–Trinajstić information content (AvgIpc) is 3.30. The smallest absolute Gasteiger partial charge is 0.263 e. The monoisotopic (exact) mass is 365 g/mol. The van der Waals surface area contributed by atoms with Crippen LogP contribution < -0.4 is 0 Å². The van der Waals surface area contributed by atoms with Gasteiger partial charge < -0.3 is 0 Å². The van der Waals surface area contributed by atoms with Crippen molar-refractivity contribution in [2.75, 3.05) is 6.54 Å². The third kappa shape index (κ3) is 2.32. The number of ketones is 1. The number of thiazole rings is 1. The highest BCUT2D eigenvalue weighted by atomic mass is 32.1. The van der Waals surface area contributed by atoms with Crippen LogP contribution in [0.15, 0.2) is 41.9 Å². The molecule has 130 valence electrons. The van der Waals surface area contributed by atoms with E-state index < -0.39 is 11.8 Å². The molecular weight excluding hydrogens is 350 g/mol. The number of fused-ring (bicyclic) bond motifs is 1. The second kappa shape index (κ2) is 6.03. The van der Waals surface area contributed by atoms with Gasteiger partial charge in [0.05, 0.1) is 17.7 Å². The summed E-state index contributed by atoms with van der Waals surface area (Å²) in [5.74, 6) is -1.11. The normalized spacial score (nSPS) is 13.4. The van der Waals surface area contributed by atoms with Crippen molar-refractivity contribution in [3.8, 4) is 5.13 Å². The summed E-state index contributed by atoms with van der Waals surface area (Å²) in [6, 6.07) is 8.66. The second-order valence-corrected chi connectivity index (χ2v) is 6.93. The first-order chi connectivity index (χ1) is 12.5. The molecule has 1 aliphatic heterocycles. The maximum atomic E-state index is 12.9. The molecule has 2 aromatic heterocycles. The van der Waals surface area contributed by atoms with E-state index in [4.69, 9.17) is 0 Å². The lowest BCUT2D eigenvalue weighted by molar-refractivity contribution is 0.0622. The fourth-order valence-electron chi connectivity index (χ4n) is 3.34. The van der Waals surface area contributed by atoms with Crippen LogP contribution in [0.25, 0.3) is 5.13 Å². The Bertz CT molecular complexity index is 996. The Balaban J connectivity index is 1.70. The highest BCUT2D eigenvalue weighted by molar-refractivity contribution is 7.12. The largest absolute Gasteiger partial charge is 0.293 e. The highest BCUT2D eigenvalue weighted by Crippen LogP contribution is 2.33. The van der Waals surface area contributed by atoms with Crippen LogP contribution in [-0.2, 0) is 0 Å². The van der Waals surface area contributed by atoms with E-state index in [0.29, 0.717) is 33.2 Å². The van der Waals surface area contributed by atoms with Crippen molar-refractivity contribution >= 4 is 28.9 Å². The summed E-state index contributed by atoms with van der Waals surface area (Å²) < 4.78 is 1.82. The zero-order valence-corrected chi connectivity index (χ0v) is 15.0. The maximum absolute atomic E-state index is 12.9. The van der Waals surface area contributed by atoms with E-state index in [9.17, 15) is 14.4 Å². The van der Waals surface area contributed by atoms with E-state index in [-0.39, 0.29) is 12.3 Å². The minimum absolute atomic E-state index is 0.257. The van der Waals surface area contributed by atoms with Gasteiger partial charge in [-0.05, 0) is 13.8 Å². The first-order valence-electron chi connectivity index (χ1n) is 8.07. The van der Waals surface area contributed by atoms with Gasteiger partial charge in [0.2, 0.25) is 0 Å². The van der Waals surface area contributed by atoms with Crippen LogP contribution in [0.3, 0.4) is 0 Å². The average molecular weight is 365 g/mol. The molecule has 0 aliphatic carbocycles. The molecule has 6 nitrogen and oxygen atoms in total. The summed E-state index contributed by atoms with van der Waals surface area (Å²) in [4.78, 5) is 43.4. The topological polar surface area (TPSA) is 72.3 Å². The van der Waals surface area contributed by atoms with Gasteiger partial charge in [-0.25, -0.2) is 4.98 Å². The molecule has 0 spiro atoms. The van der Waals surface area contributed by atoms with Gasteiger partial charge in [-0.15, -0.1) is 11.3 Å². The highest BCUT2D eigenvalue weighted by Gasteiger charge is 2.42. The van der Waals surface area contributed by atoms with Gasteiger partial charge in [-0.1, -0.05) is 30.3 Å². The van der Waals surface area contributed by atoms with Gasteiger partial charge >= 0.3 is 0 Å². The Morgan fingerprint density at radius 2 is 1.65 bits per heavy atom. The van der Waals surface area contributed by atoms with Crippen LogP contribution in [0.1, 0.15) is 42.5 Å². The lowest BCUT2D eigenvalue weighted by atomic mass is 10.1. The Morgan fingerprint density at radius 1 is 1.04 bits per heavy atom. The number of amides is 2. The molecule has 3 heterocycles. The summed E-state index contributed by atoms with van der Waals surface area (Å²) in [5.41, 5.74) is 2.54. The second-order valence-electron chi connectivity index (χ2n) is 6.06. The molecule has 0 unspecified atom stereocenters. The van der Waals surface area contributed by atoms with Crippen molar-refractivity contribution in [2.45, 2.75) is 13.8 Å². The third-order valence-electron chi connectivity index (χ3n) is 4.57. The minimum atomic E-state index is -0.426. The van der Waals surface area contributed by atoms with E-state index in [1.54, 1.807) is 44.3 Å². The molecule has 1 aromatic carbocycles. The molecule has 0 fully saturated rings. The number of Topliss-reactive ketones (excluding diaryl/α,β-unsaturated/α-hetero) is 1. The van der Waals surface area contributed by atoms with Gasteiger partial charge in [0.15, 0.2) is 10.9 Å². The fourth-order valence-corrected chi connectivity index (χ4v) is 4.08. The van der Waals surface area contributed by atoms with Crippen molar-refractivity contribution in [3.05, 3.63) is 70.0 Å². The first kappa shape index (κ1) is 16.4. The van der Waals surface area contributed by atoms with Crippen LogP contribution in [0.4, 0.5) is 0 Å². The van der Waals surface area contributed by atoms with Crippen LogP contribution in [0, 0.1) is 13.8 Å². The fraction of sp³-hybridized carbons (Fsp3) is 0.158. The minimum Gasteiger partial charge on any atom is -0.293 e. The molecule has 3 aromatic rings. The van der Waals surface area contributed by atoms with Crippen molar-refractivity contribution in [2.24, 2.45) is 0 Å². The van der Waals surface area contributed by atoms with Crippen LogP contribution in [0.5, 0.6) is 0 Å². The predicted molar refractivity (Wildman–Crippen MR) is 97.1 cm³/mol. The number of benzene rings is 1. The number of carbonyl (C=O) groups excluding carboxylic acids is 3. The lowest BCUT2D eigenvalue weighted by Gasteiger charge is -2.15. The number of imide groups is 1. The molecule has 0 radical (unpaired) electrons.